The maximum atomic E-state index is 13.5. The zero-order valence-corrected chi connectivity index (χ0v) is 25.3. The van der Waals surface area contributed by atoms with Gasteiger partial charge in [-0.2, -0.15) is 0 Å². The summed E-state index contributed by atoms with van der Waals surface area (Å²) < 4.78 is 11.3. The summed E-state index contributed by atoms with van der Waals surface area (Å²) in [6.07, 6.45) is 6.15. The molecule has 9 heteroatoms. The molecular formula is C32H43NO8. The molecule has 0 aromatic rings. The van der Waals surface area contributed by atoms with Crippen LogP contribution in [0.3, 0.4) is 0 Å². The number of hydrogen-bond acceptors (Lipinski definition) is 8. The summed E-state index contributed by atoms with van der Waals surface area (Å²) in [4.78, 5) is 63.3. The molecule has 0 saturated heterocycles. The van der Waals surface area contributed by atoms with Gasteiger partial charge in [0.25, 0.3) is 5.91 Å². The Labute approximate surface area is 242 Å². The third-order valence-electron chi connectivity index (χ3n) is 7.40. The van der Waals surface area contributed by atoms with Gasteiger partial charge in [0.05, 0.1) is 17.9 Å². The maximum Gasteiger partial charge on any atom is 0.303 e. The van der Waals surface area contributed by atoms with Gasteiger partial charge in [0.2, 0.25) is 5.78 Å². The largest absolute Gasteiger partial charge is 0.457 e. The fourth-order valence-electron chi connectivity index (χ4n) is 5.20. The second kappa shape index (κ2) is 15.0. The molecule has 0 aromatic carbocycles. The Balaban J connectivity index is 2.60. The summed E-state index contributed by atoms with van der Waals surface area (Å²) in [6, 6.07) is 0. The third kappa shape index (κ3) is 9.30. The molecule has 224 valence electrons. The highest BCUT2D eigenvalue weighted by Crippen LogP contribution is 2.30. The molecule has 0 spiro atoms. The first-order chi connectivity index (χ1) is 19.2. The molecule has 0 aromatic heterocycles. The van der Waals surface area contributed by atoms with Crippen molar-refractivity contribution in [1.82, 2.24) is 5.32 Å². The van der Waals surface area contributed by atoms with Crippen LogP contribution in [0, 0.1) is 17.8 Å². The van der Waals surface area contributed by atoms with Crippen LogP contribution < -0.4 is 5.32 Å². The number of carbonyl (C=O) groups is 5. The number of esters is 1. The summed E-state index contributed by atoms with van der Waals surface area (Å²) >= 11 is 0. The molecule has 9 nitrogen and oxygen atoms in total. The van der Waals surface area contributed by atoms with Crippen molar-refractivity contribution < 1.29 is 38.6 Å². The average Bonchev–Trinajstić information content (AvgIpc) is 2.89. The van der Waals surface area contributed by atoms with Crippen LogP contribution in [0.5, 0.6) is 0 Å². The van der Waals surface area contributed by atoms with Crippen LogP contribution in [0.1, 0.15) is 67.7 Å². The Kier molecular flexibility index (Phi) is 12.3. The molecule has 2 N–H and O–H groups in total. The van der Waals surface area contributed by atoms with Gasteiger partial charge in [-0.25, -0.2) is 0 Å². The summed E-state index contributed by atoms with van der Waals surface area (Å²) in [5, 5.41) is 13.8. The van der Waals surface area contributed by atoms with E-state index in [9.17, 15) is 29.1 Å². The monoisotopic (exact) mass is 569 g/mol. The predicted molar refractivity (Wildman–Crippen MR) is 154 cm³/mol. The summed E-state index contributed by atoms with van der Waals surface area (Å²) in [6.45, 7) is 11.7. The van der Waals surface area contributed by atoms with E-state index in [4.69, 9.17) is 9.47 Å². The SMILES string of the molecule is CO[C@H]1C[C@H](C)CC2=C(CC(C)=O)C(=O)C=C(NC(=O)/C(C)=C/C=C\[C@H](C)[C@@H](OC(C)=O)/C(C)=C/[C@H](C)[C@H]1O)C2=O. The molecule has 2 aliphatic rings. The van der Waals surface area contributed by atoms with Gasteiger partial charge >= 0.3 is 5.97 Å². The van der Waals surface area contributed by atoms with Crippen molar-refractivity contribution in [3.8, 4) is 0 Å². The molecule has 0 unspecified atom stereocenters. The summed E-state index contributed by atoms with van der Waals surface area (Å²) in [7, 11) is 1.50. The van der Waals surface area contributed by atoms with Crippen LogP contribution in [0.15, 0.2) is 58.4 Å². The van der Waals surface area contributed by atoms with Gasteiger partial charge in [-0.1, -0.05) is 45.1 Å². The molecule has 1 aliphatic carbocycles. The highest BCUT2D eigenvalue weighted by molar-refractivity contribution is 6.24. The van der Waals surface area contributed by atoms with Gasteiger partial charge in [-0.3, -0.25) is 24.0 Å². The molecule has 0 radical (unpaired) electrons. The number of nitrogens with one attached hydrogen (secondary N) is 1. The fourth-order valence-corrected chi connectivity index (χ4v) is 5.20. The highest BCUT2D eigenvalue weighted by Gasteiger charge is 2.33. The quantitative estimate of drug-likeness (QED) is 0.296. The number of aliphatic hydroxyl groups is 1. The lowest BCUT2D eigenvalue weighted by Gasteiger charge is -2.29. The van der Waals surface area contributed by atoms with E-state index < -0.39 is 41.8 Å². The summed E-state index contributed by atoms with van der Waals surface area (Å²) in [5.74, 6) is -3.12. The number of methoxy groups -OCH3 is 1. The molecule has 2 rings (SSSR count). The Morgan fingerprint density at radius 1 is 1.07 bits per heavy atom. The smallest absolute Gasteiger partial charge is 0.303 e. The maximum absolute atomic E-state index is 13.5. The number of amides is 1. The van der Waals surface area contributed by atoms with E-state index in [0.717, 1.165) is 11.6 Å². The number of fused-ring (bicyclic) bond motifs is 2. The number of hydrogen-bond donors (Lipinski definition) is 2. The van der Waals surface area contributed by atoms with E-state index in [2.05, 4.69) is 5.32 Å². The second-order valence-corrected chi connectivity index (χ2v) is 11.2. The fraction of sp³-hybridized carbons (Fsp3) is 0.531. The number of rotatable bonds is 4. The lowest BCUT2D eigenvalue weighted by atomic mass is 9.82. The zero-order valence-electron chi connectivity index (χ0n) is 25.3. The van der Waals surface area contributed by atoms with Gasteiger partial charge in [-0.05, 0) is 45.1 Å². The van der Waals surface area contributed by atoms with Crippen molar-refractivity contribution >= 4 is 29.2 Å². The molecule has 0 saturated carbocycles. The van der Waals surface area contributed by atoms with Crippen LogP contribution >= 0.6 is 0 Å². The van der Waals surface area contributed by atoms with Crippen LogP contribution in [0.2, 0.25) is 0 Å². The first-order valence-corrected chi connectivity index (χ1v) is 13.9. The molecule has 6 atom stereocenters. The van der Waals surface area contributed by atoms with Crippen molar-refractivity contribution in [3.63, 3.8) is 0 Å². The Hall–Kier alpha value is -3.43. The number of carbonyl (C=O) groups excluding carboxylic acids is 5. The normalized spacial score (nSPS) is 32.2. The first-order valence-electron chi connectivity index (χ1n) is 13.9. The number of aliphatic hydroxyl groups excluding tert-OH is 1. The molecule has 2 bridgehead atoms. The van der Waals surface area contributed by atoms with Crippen LogP contribution in [-0.2, 0) is 33.4 Å². The van der Waals surface area contributed by atoms with E-state index in [1.165, 1.54) is 21.0 Å². The van der Waals surface area contributed by atoms with Gasteiger partial charge in [0.1, 0.15) is 11.9 Å². The predicted octanol–water partition coefficient (Wildman–Crippen LogP) is 3.87. The Morgan fingerprint density at radius 3 is 2.32 bits per heavy atom. The van der Waals surface area contributed by atoms with Crippen molar-refractivity contribution in [2.75, 3.05) is 7.11 Å². The highest BCUT2D eigenvalue weighted by atomic mass is 16.5. The topological polar surface area (TPSA) is 136 Å². The Morgan fingerprint density at radius 2 is 1.73 bits per heavy atom. The van der Waals surface area contributed by atoms with E-state index in [1.54, 1.807) is 25.2 Å². The molecular weight excluding hydrogens is 526 g/mol. The first kappa shape index (κ1) is 33.8. The minimum atomic E-state index is -0.919. The van der Waals surface area contributed by atoms with Crippen LogP contribution in [0.25, 0.3) is 0 Å². The molecule has 1 aliphatic heterocycles. The number of ketones is 3. The van der Waals surface area contributed by atoms with Crippen molar-refractivity contribution in [2.45, 2.75) is 86.0 Å². The van der Waals surface area contributed by atoms with Crippen LogP contribution in [-0.4, -0.2) is 59.8 Å². The average molecular weight is 570 g/mol. The van der Waals surface area contributed by atoms with Crippen molar-refractivity contribution in [2.24, 2.45) is 17.8 Å². The van der Waals surface area contributed by atoms with Gasteiger partial charge < -0.3 is 19.9 Å². The third-order valence-corrected chi connectivity index (χ3v) is 7.40. The molecule has 41 heavy (non-hydrogen) atoms. The van der Waals surface area contributed by atoms with Gasteiger partial charge in [0.15, 0.2) is 5.78 Å². The van der Waals surface area contributed by atoms with E-state index in [0.29, 0.717) is 6.42 Å². The number of Topliss-reactive ketones (excluding diaryl/α,β-unsaturated/α-hetero) is 2. The van der Waals surface area contributed by atoms with Crippen molar-refractivity contribution in [3.05, 3.63) is 58.4 Å². The lowest BCUT2D eigenvalue weighted by molar-refractivity contribution is -0.146. The Bertz CT molecular complexity index is 1220. The van der Waals surface area contributed by atoms with Crippen molar-refractivity contribution in [1.29, 1.82) is 0 Å². The number of allylic oxidation sites excluding steroid dienone is 5. The minimum Gasteiger partial charge on any atom is -0.457 e. The summed E-state index contributed by atoms with van der Waals surface area (Å²) in [5.41, 5.74) is 1.20. The lowest BCUT2D eigenvalue weighted by Crippen LogP contribution is -2.36. The molecule has 0 fully saturated rings. The van der Waals surface area contributed by atoms with E-state index in [-0.39, 0.29) is 58.8 Å². The minimum absolute atomic E-state index is 0.125. The standard InChI is InChI=1S/C32H43NO8/c1-17-12-25-24(15-22(6)34)27(36)16-26(30(25)38)33-32(39)19(3)11-9-10-18(2)31(41-23(7)35)21(5)14-20(4)29(37)28(13-17)40-8/h9-11,14,16-18,20,28-29,31,37H,12-13,15H2,1-8H3,(H,33,39)/b10-9-,19-11+,21-14+/t17-,18+,20+,28+,29-,31-/m1/s1. The number of ether oxygens (including phenoxy) is 2. The van der Waals surface area contributed by atoms with Gasteiger partial charge in [-0.15, -0.1) is 0 Å². The second-order valence-electron chi connectivity index (χ2n) is 11.2. The van der Waals surface area contributed by atoms with E-state index in [1.807, 2.05) is 33.8 Å². The zero-order chi connectivity index (χ0) is 31.0. The van der Waals surface area contributed by atoms with E-state index >= 15 is 0 Å². The van der Waals surface area contributed by atoms with Crippen LogP contribution in [0.4, 0.5) is 0 Å². The molecule has 1 amide bonds. The molecule has 1 heterocycles. The van der Waals surface area contributed by atoms with Gasteiger partial charge in [0, 0.05) is 55.1 Å².